The second-order valence-corrected chi connectivity index (χ2v) is 2.50. The third kappa shape index (κ3) is 5.34. The molecule has 0 aliphatic heterocycles. The summed E-state index contributed by atoms with van der Waals surface area (Å²) in [6.45, 7) is 0. The van der Waals surface area contributed by atoms with Crippen molar-refractivity contribution in [1.29, 1.82) is 0 Å². The van der Waals surface area contributed by atoms with Crippen molar-refractivity contribution in [2.24, 2.45) is 0 Å². The van der Waals surface area contributed by atoms with E-state index < -0.39 is 36.4 Å². The van der Waals surface area contributed by atoms with Crippen molar-refractivity contribution in [3.8, 4) is 0 Å². The van der Waals surface area contributed by atoms with Gasteiger partial charge >= 0.3 is 23.3 Å². The van der Waals surface area contributed by atoms with Crippen LogP contribution in [0.15, 0.2) is 0 Å². The maximum absolute atomic E-state index is 10.3. The molecule has 80 valence electrons. The van der Waals surface area contributed by atoms with Gasteiger partial charge in [0.1, 0.15) is 5.60 Å². The van der Waals surface area contributed by atoms with E-state index in [2.05, 4.69) is 4.89 Å². The molecule has 1 atom stereocenters. The average molecular weight is 232 g/mol. The van der Waals surface area contributed by atoms with E-state index in [1.807, 2.05) is 0 Å². The van der Waals surface area contributed by atoms with Gasteiger partial charge < -0.3 is 35.1 Å². The molecular weight excluding hydrogens is 227 g/mol. The molecule has 9 heteroatoms. The minimum Gasteiger partial charge on any atom is -0.662 e. The second-order valence-electron chi connectivity index (χ2n) is 2.50. The third-order valence-electron chi connectivity index (χ3n) is 1.35. The van der Waals surface area contributed by atoms with Crippen LogP contribution in [0.25, 0.3) is 0 Å². The Morgan fingerprint density at radius 3 is 1.93 bits per heavy atom. The SMILES string of the molecule is O=C([O-])CC(O)(CC(=O)O[O-])C(=O)[O-].[Al+3]. The molecule has 0 fully saturated rings. The number of carboxylic acid groups (broad SMARTS) is 2. The Labute approximate surface area is 94.1 Å². The number of aliphatic hydroxyl groups is 1. The van der Waals surface area contributed by atoms with Crippen molar-refractivity contribution in [2.75, 3.05) is 0 Å². The fourth-order valence-electron chi connectivity index (χ4n) is 0.714. The normalized spacial score (nSPS) is 13.2. The van der Waals surface area contributed by atoms with Crippen LogP contribution in [-0.4, -0.2) is 46.0 Å². The topological polar surface area (TPSA) is 150 Å². The van der Waals surface area contributed by atoms with E-state index in [0.717, 1.165) is 0 Å². The number of carboxylic acids is 2. The summed E-state index contributed by atoms with van der Waals surface area (Å²) in [6.07, 6.45) is -2.68. The predicted octanol–water partition coefficient (Wildman–Crippen LogP) is -5.56. The zero-order valence-corrected chi connectivity index (χ0v) is 8.45. The maximum atomic E-state index is 10.3. The summed E-state index contributed by atoms with van der Waals surface area (Å²) in [5.41, 5.74) is -2.99. The van der Waals surface area contributed by atoms with Gasteiger partial charge in [-0.25, -0.2) is 0 Å². The van der Waals surface area contributed by atoms with E-state index in [1.165, 1.54) is 0 Å². The van der Waals surface area contributed by atoms with Crippen molar-refractivity contribution < 1.29 is 39.8 Å². The monoisotopic (exact) mass is 232 g/mol. The Bertz CT molecular complexity index is 264. The van der Waals surface area contributed by atoms with Crippen LogP contribution >= 0.6 is 0 Å². The predicted molar refractivity (Wildman–Crippen MR) is 36.0 cm³/mol. The quantitative estimate of drug-likeness (QED) is 0.280. The van der Waals surface area contributed by atoms with Crippen molar-refractivity contribution >= 4 is 35.3 Å². The standard InChI is InChI=1S/C6H8O8.Al/c7-3(8)1-6(12,5(10)11)2-4(9)14-13;/h12-13H,1-2H2,(H,7,8)(H,10,11);/q;+3/p-3. The number of rotatable bonds is 5. The fraction of sp³-hybridized carbons (Fsp3) is 0.500. The van der Waals surface area contributed by atoms with Gasteiger partial charge in [-0.05, 0) is 0 Å². The van der Waals surface area contributed by atoms with E-state index >= 15 is 0 Å². The van der Waals surface area contributed by atoms with Gasteiger partial charge in [0.05, 0.1) is 12.4 Å². The molecule has 0 aliphatic carbocycles. The Balaban J connectivity index is 0. The van der Waals surface area contributed by atoms with Gasteiger partial charge in [-0.3, -0.25) is 4.79 Å². The van der Waals surface area contributed by atoms with Gasteiger partial charge in [-0.1, -0.05) is 0 Å². The number of hydrogen-bond donors (Lipinski definition) is 1. The van der Waals surface area contributed by atoms with Crippen LogP contribution < -0.4 is 15.5 Å². The maximum Gasteiger partial charge on any atom is 3.00 e. The Morgan fingerprint density at radius 2 is 1.67 bits per heavy atom. The number of hydrogen-bond acceptors (Lipinski definition) is 8. The summed E-state index contributed by atoms with van der Waals surface area (Å²) in [5.74, 6) is -5.72. The smallest absolute Gasteiger partial charge is 0.662 e. The van der Waals surface area contributed by atoms with Crippen molar-refractivity contribution in [2.45, 2.75) is 18.4 Å². The van der Waals surface area contributed by atoms with Gasteiger partial charge in [0.2, 0.25) is 0 Å². The zero-order valence-electron chi connectivity index (χ0n) is 7.30. The van der Waals surface area contributed by atoms with Crippen LogP contribution in [0.5, 0.6) is 0 Å². The summed E-state index contributed by atoms with van der Waals surface area (Å²) in [7, 11) is 0. The summed E-state index contributed by atoms with van der Waals surface area (Å²) >= 11 is 0. The molecule has 0 aromatic rings. The first kappa shape index (κ1) is 16.3. The molecule has 0 saturated heterocycles. The van der Waals surface area contributed by atoms with E-state index in [4.69, 9.17) is 5.11 Å². The van der Waals surface area contributed by atoms with Crippen LogP contribution in [0.4, 0.5) is 0 Å². The van der Waals surface area contributed by atoms with E-state index in [9.17, 15) is 29.9 Å². The van der Waals surface area contributed by atoms with Crippen molar-refractivity contribution in [3.05, 3.63) is 0 Å². The Kier molecular flexibility index (Phi) is 6.92. The summed E-state index contributed by atoms with van der Waals surface area (Å²) in [4.78, 5) is 33.4. The Morgan fingerprint density at radius 1 is 1.20 bits per heavy atom. The molecule has 0 aromatic heterocycles. The Hall–Kier alpha value is -1.14. The number of carbonyl (C=O) groups is 3. The molecule has 0 bridgehead atoms. The zero-order chi connectivity index (χ0) is 11.4. The van der Waals surface area contributed by atoms with Gasteiger partial charge in [0.25, 0.3) is 0 Å². The van der Waals surface area contributed by atoms with Crippen molar-refractivity contribution in [3.63, 3.8) is 0 Å². The van der Waals surface area contributed by atoms with Crippen LogP contribution in [0.1, 0.15) is 12.8 Å². The summed E-state index contributed by atoms with van der Waals surface area (Å²) in [6, 6.07) is 0. The van der Waals surface area contributed by atoms with Gasteiger partial charge in [0.15, 0.2) is 0 Å². The van der Waals surface area contributed by atoms with Gasteiger partial charge in [-0.2, -0.15) is 0 Å². The van der Waals surface area contributed by atoms with Crippen LogP contribution in [0.3, 0.4) is 0 Å². The number of carbonyl (C=O) groups excluding carboxylic acids is 3. The first-order valence-electron chi connectivity index (χ1n) is 3.28. The molecule has 8 nitrogen and oxygen atoms in total. The largest absolute Gasteiger partial charge is 3.00 e. The fourth-order valence-corrected chi connectivity index (χ4v) is 0.714. The molecule has 0 aromatic carbocycles. The first-order chi connectivity index (χ1) is 6.31. The molecular formula is C6H5AlO8. The molecule has 0 aliphatic rings. The molecule has 1 unspecified atom stereocenters. The molecule has 0 radical (unpaired) electrons. The average Bonchev–Trinajstić information content (AvgIpc) is 2.02. The molecule has 0 rings (SSSR count). The second kappa shape index (κ2) is 6.37. The molecule has 15 heavy (non-hydrogen) atoms. The summed E-state index contributed by atoms with van der Waals surface area (Å²) < 4.78 is 0. The van der Waals surface area contributed by atoms with E-state index in [0.29, 0.717) is 0 Å². The van der Waals surface area contributed by atoms with Gasteiger partial charge in [-0.15, -0.1) is 0 Å². The minimum atomic E-state index is -2.99. The van der Waals surface area contributed by atoms with Gasteiger partial charge in [0, 0.05) is 12.4 Å². The minimum absolute atomic E-state index is 0. The van der Waals surface area contributed by atoms with Crippen LogP contribution in [0.2, 0.25) is 0 Å². The van der Waals surface area contributed by atoms with Crippen LogP contribution in [-0.2, 0) is 19.3 Å². The van der Waals surface area contributed by atoms with E-state index in [1.54, 1.807) is 0 Å². The molecule has 0 spiro atoms. The summed E-state index contributed by atoms with van der Waals surface area (Å²) in [5, 5.41) is 38.8. The third-order valence-corrected chi connectivity index (χ3v) is 1.35. The molecule has 1 N–H and O–H groups in total. The number of aliphatic carboxylic acids is 2. The molecule has 0 amide bonds. The van der Waals surface area contributed by atoms with Crippen molar-refractivity contribution in [1.82, 2.24) is 0 Å². The molecule has 0 heterocycles. The van der Waals surface area contributed by atoms with E-state index in [-0.39, 0.29) is 17.4 Å². The molecule has 0 saturated carbocycles. The first-order valence-corrected chi connectivity index (χ1v) is 3.28. The van der Waals surface area contributed by atoms with Crippen LogP contribution in [0, 0.1) is 0 Å².